The van der Waals surface area contributed by atoms with E-state index in [0.717, 1.165) is 45.4 Å². The summed E-state index contributed by atoms with van der Waals surface area (Å²) in [5.74, 6) is 0.181. The normalized spacial score (nSPS) is 17.7. The first-order valence-corrected chi connectivity index (χ1v) is 13.1. The van der Waals surface area contributed by atoms with Crippen LogP contribution in [-0.2, 0) is 5.54 Å². The molecule has 2 fully saturated rings. The summed E-state index contributed by atoms with van der Waals surface area (Å²) >= 11 is 0. The summed E-state index contributed by atoms with van der Waals surface area (Å²) in [4.78, 5) is 26.9. The zero-order valence-corrected chi connectivity index (χ0v) is 22.0. The second-order valence-corrected chi connectivity index (χ2v) is 10.8. The number of rotatable bonds is 6. The second kappa shape index (κ2) is 9.75. The van der Waals surface area contributed by atoms with Crippen molar-refractivity contribution in [2.75, 3.05) is 36.4 Å². The van der Waals surface area contributed by atoms with Gasteiger partial charge in [-0.3, -0.25) is 14.3 Å². The molecule has 0 radical (unpaired) electrons. The third kappa shape index (κ3) is 4.44. The monoisotopic (exact) mass is 503 g/mol. The molecule has 1 N–H and O–H groups in total. The van der Waals surface area contributed by atoms with Crippen LogP contribution in [0.3, 0.4) is 0 Å². The third-order valence-electron chi connectivity index (χ3n) is 8.19. The van der Waals surface area contributed by atoms with Gasteiger partial charge in [0.15, 0.2) is 0 Å². The van der Waals surface area contributed by atoms with Crippen LogP contribution in [0.25, 0.3) is 11.0 Å². The molecular formula is C28H34FN7O. The van der Waals surface area contributed by atoms with Crippen molar-refractivity contribution >= 4 is 28.4 Å². The second-order valence-electron chi connectivity index (χ2n) is 10.8. The number of piperazine rings is 1. The van der Waals surface area contributed by atoms with Crippen LogP contribution in [0, 0.1) is 23.1 Å². The van der Waals surface area contributed by atoms with Crippen molar-refractivity contribution in [2.24, 2.45) is 5.92 Å². The Morgan fingerprint density at radius 2 is 1.84 bits per heavy atom. The number of halogens is 1. The van der Waals surface area contributed by atoms with Crippen molar-refractivity contribution in [1.82, 2.24) is 19.4 Å². The Kier molecular flexibility index (Phi) is 6.63. The molecule has 0 unspecified atom stereocenters. The Morgan fingerprint density at radius 1 is 1.11 bits per heavy atom. The van der Waals surface area contributed by atoms with Gasteiger partial charge in [-0.25, -0.2) is 9.37 Å². The summed E-state index contributed by atoms with van der Waals surface area (Å²) in [6.45, 7) is 12.0. The van der Waals surface area contributed by atoms with Gasteiger partial charge in [0.2, 0.25) is 5.95 Å². The number of hydrogen-bond donors (Lipinski definition) is 1. The molecule has 37 heavy (non-hydrogen) atoms. The molecule has 3 heterocycles. The van der Waals surface area contributed by atoms with Crippen molar-refractivity contribution in [3.05, 3.63) is 52.2 Å². The highest BCUT2D eigenvalue weighted by Crippen LogP contribution is 2.45. The van der Waals surface area contributed by atoms with Crippen LogP contribution < -0.4 is 15.8 Å². The maximum Gasteiger partial charge on any atom is 0.270 e. The van der Waals surface area contributed by atoms with Crippen LogP contribution >= 0.6 is 0 Å². The summed E-state index contributed by atoms with van der Waals surface area (Å²) < 4.78 is 16.8. The number of hydrogen-bond acceptors (Lipinski definition) is 7. The van der Waals surface area contributed by atoms with E-state index < -0.39 is 0 Å². The standard InChI is InChI=1S/C28H34FN7O/c1-18(2)28(8-5-9-28)36-25-21(14-20(16-30)26(36)37)17-31-27(33-25)32-22-6-7-24(23(29)15-22)35-12-10-34(11-13-35)19(3)4/h6-7,14-15,17-19H,5,8-13H2,1-4H3,(H,31,32,33). The van der Waals surface area contributed by atoms with E-state index in [0.29, 0.717) is 28.5 Å². The lowest BCUT2D eigenvalue weighted by atomic mass is 9.69. The molecule has 8 nitrogen and oxygen atoms in total. The lowest BCUT2D eigenvalue weighted by molar-refractivity contribution is 0.0809. The van der Waals surface area contributed by atoms with Crippen LogP contribution in [0.4, 0.5) is 21.7 Å². The maximum absolute atomic E-state index is 15.1. The van der Waals surface area contributed by atoms with Crippen molar-refractivity contribution in [2.45, 2.75) is 58.5 Å². The molecule has 1 aromatic carbocycles. The van der Waals surface area contributed by atoms with E-state index in [4.69, 9.17) is 4.98 Å². The van der Waals surface area contributed by atoms with E-state index in [1.807, 2.05) is 12.1 Å². The van der Waals surface area contributed by atoms with E-state index in [1.54, 1.807) is 22.9 Å². The molecule has 0 spiro atoms. The van der Waals surface area contributed by atoms with Gasteiger partial charge in [0, 0.05) is 49.5 Å². The molecule has 1 aliphatic heterocycles. The van der Waals surface area contributed by atoms with Gasteiger partial charge in [-0.05, 0) is 63.3 Å². The number of benzene rings is 1. The topological polar surface area (TPSA) is 90.1 Å². The van der Waals surface area contributed by atoms with Crippen molar-refractivity contribution in [3.8, 4) is 6.07 Å². The first-order chi connectivity index (χ1) is 17.7. The Balaban J connectivity index is 1.45. The van der Waals surface area contributed by atoms with E-state index in [1.165, 1.54) is 6.07 Å². The van der Waals surface area contributed by atoms with Crippen molar-refractivity contribution < 1.29 is 4.39 Å². The minimum Gasteiger partial charge on any atom is -0.367 e. The van der Waals surface area contributed by atoms with E-state index in [2.05, 4.69) is 47.8 Å². The SMILES string of the molecule is CC(C)N1CCN(c2ccc(Nc3ncc4cc(C#N)c(=O)n(C5(C(C)C)CCC5)c4n3)cc2F)CC1. The van der Waals surface area contributed by atoms with Gasteiger partial charge < -0.3 is 10.2 Å². The average Bonchev–Trinajstić information content (AvgIpc) is 2.84. The predicted molar refractivity (Wildman–Crippen MR) is 144 cm³/mol. The summed E-state index contributed by atoms with van der Waals surface area (Å²) in [5.41, 5.74) is 1.02. The Hall–Kier alpha value is -3.51. The number of aromatic nitrogens is 3. The molecule has 3 aromatic rings. The highest BCUT2D eigenvalue weighted by Gasteiger charge is 2.44. The summed E-state index contributed by atoms with van der Waals surface area (Å²) in [6, 6.07) is 9.16. The molecule has 0 amide bonds. The lowest BCUT2D eigenvalue weighted by Gasteiger charge is -2.47. The highest BCUT2D eigenvalue weighted by atomic mass is 19.1. The number of nitrogens with one attached hydrogen (secondary N) is 1. The van der Waals surface area contributed by atoms with Crippen molar-refractivity contribution in [1.29, 1.82) is 5.26 Å². The molecule has 5 rings (SSSR count). The van der Waals surface area contributed by atoms with Crippen molar-refractivity contribution in [3.63, 3.8) is 0 Å². The van der Waals surface area contributed by atoms with E-state index in [9.17, 15) is 10.1 Å². The minimum atomic E-state index is -0.374. The average molecular weight is 504 g/mol. The molecule has 9 heteroatoms. The first kappa shape index (κ1) is 25.2. The third-order valence-corrected chi connectivity index (χ3v) is 8.19. The number of anilines is 3. The van der Waals surface area contributed by atoms with Gasteiger partial charge >= 0.3 is 0 Å². The molecule has 0 atom stereocenters. The van der Waals surface area contributed by atoms with Crippen LogP contribution in [0.1, 0.15) is 52.5 Å². The fourth-order valence-corrected chi connectivity index (χ4v) is 5.70. The maximum atomic E-state index is 15.1. The molecule has 2 aliphatic rings. The fraction of sp³-hybridized carbons (Fsp3) is 0.500. The number of fused-ring (bicyclic) bond motifs is 1. The summed E-state index contributed by atoms with van der Waals surface area (Å²) in [7, 11) is 0. The Labute approximate surface area is 216 Å². The van der Waals surface area contributed by atoms with Gasteiger partial charge in [-0.1, -0.05) is 13.8 Å². The fourth-order valence-electron chi connectivity index (χ4n) is 5.70. The minimum absolute atomic E-state index is 0.0932. The Bertz CT molecular complexity index is 1410. The van der Waals surface area contributed by atoms with Gasteiger partial charge in [0.1, 0.15) is 23.1 Å². The molecule has 2 aromatic heterocycles. The number of pyridine rings is 1. The molecule has 194 valence electrons. The number of nitrogens with zero attached hydrogens (tertiary/aromatic N) is 6. The molecule has 0 bridgehead atoms. The molecular weight excluding hydrogens is 469 g/mol. The van der Waals surface area contributed by atoms with Crippen LogP contribution in [0.2, 0.25) is 0 Å². The molecule has 1 aliphatic carbocycles. The quantitative estimate of drug-likeness (QED) is 0.525. The molecule has 1 saturated heterocycles. The smallest absolute Gasteiger partial charge is 0.270 e. The van der Waals surface area contributed by atoms with Crippen LogP contribution in [0.5, 0.6) is 0 Å². The summed E-state index contributed by atoms with van der Waals surface area (Å²) in [6.07, 6.45) is 4.36. The highest BCUT2D eigenvalue weighted by molar-refractivity contribution is 5.78. The zero-order chi connectivity index (χ0) is 26.3. The van der Waals surface area contributed by atoms with E-state index >= 15 is 4.39 Å². The largest absolute Gasteiger partial charge is 0.367 e. The van der Waals surface area contributed by atoms with E-state index in [-0.39, 0.29) is 34.3 Å². The zero-order valence-electron chi connectivity index (χ0n) is 22.0. The predicted octanol–water partition coefficient (Wildman–Crippen LogP) is 4.61. The van der Waals surface area contributed by atoms with Gasteiger partial charge in [0.25, 0.3) is 5.56 Å². The first-order valence-electron chi connectivity index (χ1n) is 13.1. The summed E-state index contributed by atoms with van der Waals surface area (Å²) in [5, 5.41) is 13.3. The van der Waals surface area contributed by atoms with Gasteiger partial charge in [-0.2, -0.15) is 10.2 Å². The number of nitriles is 1. The molecule has 1 saturated carbocycles. The Morgan fingerprint density at radius 3 is 2.41 bits per heavy atom. The van der Waals surface area contributed by atoms with Crippen LogP contribution in [-0.4, -0.2) is 51.7 Å². The van der Waals surface area contributed by atoms with Gasteiger partial charge in [0.05, 0.1) is 11.2 Å². The lowest BCUT2D eigenvalue weighted by Crippen LogP contribution is -2.51. The van der Waals surface area contributed by atoms with Gasteiger partial charge in [-0.15, -0.1) is 0 Å². The van der Waals surface area contributed by atoms with Crippen LogP contribution in [0.15, 0.2) is 35.3 Å².